The normalized spacial score (nSPS) is 13.7. The van der Waals surface area contributed by atoms with Gasteiger partial charge in [0.15, 0.2) is 0 Å². The molecule has 8 nitrogen and oxygen atoms in total. The van der Waals surface area contributed by atoms with E-state index < -0.39 is 5.97 Å². The summed E-state index contributed by atoms with van der Waals surface area (Å²) in [6, 6.07) is 50.0. The van der Waals surface area contributed by atoms with E-state index >= 15 is 0 Å². The number of rotatable bonds is 12. The van der Waals surface area contributed by atoms with Crippen molar-refractivity contribution in [1.29, 1.82) is 0 Å². The Morgan fingerprint density at radius 3 is 1.29 bits per heavy atom. The SMILES string of the molecule is CN(C)c1ccc(-c2ccc(CN(C(=O)C3CCCCC3)c3cccc(I)c3)cc2)cc1.COC(=O)C#Cc1cccc(N(Cc2ccc(-c3ccc(N(C)C)cc3)cc2)C(=O)C2CCCCC2)c1. The van der Waals surface area contributed by atoms with Crippen LogP contribution in [0.2, 0.25) is 0 Å². The molecule has 2 amide bonds. The van der Waals surface area contributed by atoms with Gasteiger partial charge in [-0.1, -0.05) is 129 Å². The van der Waals surface area contributed by atoms with Crippen molar-refractivity contribution in [3.05, 3.63) is 166 Å². The van der Waals surface area contributed by atoms with Crippen LogP contribution in [0.15, 0.2) is 146 Å². The first-order valence-corrected chi connectivity index (χ1v) is 25.4. The number of benzene rings is 6. The third kappa shape index (κ3) is 14.1. The molecule has 0 atom stereocenters. The monoisotopic (exact) mass is 1030 g/mol. The number of hydrogen-bond donors (Lipinski definition) is 0. The first kappa shape index (κ1) is 50.5. The summed E-state index contributed by atoms with van der Waals surface area (Å²) in [6.07, 6.45) is 10.9. The van der Waals surface area contributed by atoms with Gasteiger partial charge in [-0.15, -0.1) is 0 Å². The number of carbonyl (C=O) groups excluding carboxylic acids is 3. The van der Waals surface area contributed by atoms with Gasteiger partial charge in [0.2, 0.25) is 11.8 Å². The number of methoxy groups -OCH3 is 1. The molecule has 0 aliphatic heterocycles. The lowest BCUT2D eigenvalue weighted by molar-refractivity contribution is -0.133. The van der Waals surface area contributed by atoms with E-state index in [0.717, 1.165) is 94.3 Å². The van der Waals surface area contributed by atoms with Crippen molar-refractivity contribution in [2.24, 2.45) is 11.8 Å². The predicted octanol–water partition coefficient (Wildman–Crippen LogP) is 13.2. The number of amides is 2. The Morgan fingerprint density at radius 2 is 0.899 bits per heavy atom. The van der Waals surface area contributed by atoms with Crippen LogP contribution >= 0.6 is 22.6 Å². The van der Waals surface area contributed by atoms with E-state index in [9.17, 15) is 14.4 Å². The van der Waals surface area contributed by atoms with Crippen molar-refractivity contribution in [3.8, 4) is 34.1 Å². The molecular formula is C60H65IN4O4. The second-order valence-corrected chi connectivity index (χ2v) is 19.8. The Kier molecular flexibility index (Phi) is 18.1. The summed E-state index contributed by atoms with van der Waals surface area (Å²) in [6.45, 7) is 1.08. The fraction of sp³-hybridized carbons (Fsp3) is 0.317. The van der Waals surface area contributed by atoms with E-state index in [4.69, 9.17) is 0 Å². The summed E-state index contributed by atoms with van der Waals surface area (Å²) in [5, 5.41) is 0. The highest BCUT2D eigenvalue weighted by atomic mass is 127. The van der Waals surface area contributed by atoms with Gasteiger partial charge in [0.05, 0.1) is 20.2 Å². The number of nitrogens with zero attached hydrogens (tertiary/aromatic N) is 4. The topological polar surface area (TPSA) is 73.4 Å². The zero-order valence-corrected chi connectivity index (χ0v) is 43.0. The van der Waals surface area contributed by atoms with Crippen LogP contribution in [0.1, 0.15) is 80.9 Å². The molecule has 0 saturated heterocycles. The number of hydrogen-bond acceptors (Lipinski definition) is 6. The minimum Gasteiger partial charge on any atom is -0.459 e. The van der Waals surface area contributed by atoms with Gasteiger partial charge in [-0.2, -0.15) is 0 Å². The minimum atomic E-state index is -0.586. The van der Waals surface area contributed by atoms with Gasteiger partial charge in [-0.3, -0.25) is 9.59 Å². The highest BCUT2D eigenvalue weighted by Crippen LogP contribution is 2.32. The smallest absolute Gasteiger partial charge is 0.384 e. The molecular weight excluding hydrogens is 968 g/mol. The Hall–Kier alpha value is -6.38. The van der Waals surface area contributed by atoms with Crippen LogP contribution < -0.4 is 19.6 Å². The average Bonchev–Trinajstić information content (AvgIpc) is 3.39. The fourth-order valence-electron chi connectivity index (χ4n) is 9.18. The molecule has 0 unspecified atom stereocenters. The second kappa shape index (κ2) is 24.8. The van der Waals surface area contributed by atoms with Gasteiger partial charge in [-0.25, -0.2) is 4.79 Å². The number of carbonyl (C=O) groups is 3. The first-order chi connectivity index (χ1) is 33.4. The van der Waals surface area contributed by atoms with Crippen LogP contribution in [0.4, 0.5) is 22.7 Å². The quantitative estimate of drug-likeness (QED) is 0.0691. The molecule has 0 N–H and O–H groups in total. The number of esters is 1. The highest BCUT2D eigenvalue weighted by molar-refractivity contribution is 14.1. The maximum Gasteiger partial charge on any atom is 0.384 e. The van der Waals surface area contributed by atoms with E-state index in [2.05, 4.69) is 178 Å². The molecule has 0 heterocycles. The molecule has 2 aliphatic rings. The van der Waals surface area contributed by atoms with Gasteiger partial charge >= 0.3 is 5.97 Å². The Bertz CT molecular complexity index is 2690. The fourth-order valence-corrected chi connectivity index (χ4v) is 9.70. The second-order valence-electron chi connectivity index (χ2n) is 18.6. The molecule has 0 spiro atoms. The Labute approximate surface area is 423 Å². The van der Waals surface area contributed by atoms with Gasteiger partial charge in [0.25, 0.3) is 0 Å². The van der Waals surface area contributed by atoms with Crippen LogP contribution in [0.5, 0.6) is 0 Å². The van der Waals surface area contributed by atoms with E-state index in [1.807, 2.05) is 54.2 Å². The van der Waals surface area contributed by atoms with Gasteiger partial charge in [0, 0.05) is 77.8 Å². The van der Waals surface area contributed by atoms with Crippen LogP contribution in [0.3, 0.4) is 0 Å². The maximum atomic E-state index is 13.7. The molecule has 6 aromatic carbocycles. The lowest BCUT2D eigenvalue weighted by atomic mass is 9.88. The number of anilines is 4. The van der Waals surface area contributed by atoms with Crippen molar-refractivity contribution in [2.75, 3.05) is 54.9 Å². The average molecular weight is 1030 g/mol. The van der Waals surface area contributed by atoms with E-state index in [1.165, 1.54) is 36.8 Å². The number of halogens is 1. The molecule has 0 aromatic heterocycles. The lowest BCUT2D eigenvalue weighted by Crippen LogP contribution is -2.36. The van der Waals surface area contributed by atoms with Crippen LogP contribution in [0.25, 0.3) is 22.3 Å². The van der Waals surface area contributed by atoms with E-state index in [1.54, 1.807) is 0 Å². The molecule has 2 saturated carbocycles. The minimum absolute atomic E-state index is 0.0352. The lowest BCUT2D eigenvalue weighted by Gasteiger charge is -2.30. The van der Waals surface area contributed by atoms with E-state index in [0.29, 0.717) is 18.7 Å². The highest BCUT2D eigenvalue weighted by Gasteiger charge is 2.29. The van der Waals surface area contributed by atoms with Crippen LogP contribution in [-0.2, 0) is 32.2 Å². The summed E-state index contributed by atoms with van der Waals surface area (Å²) in [5.74, 6) is 5.34. The molecule has 9 heteroatoms. The van der Waals surface area contributed by atoms with Crippen molar-refractivity contribution in [2.45, 2.75) is 77.3 Å². The molecule has 8 rings (SSSR count). The van der Waals surface area contributed by atoms with Crippen molar-refractivity contribution in [3.63, 3.8) is 0 Å². The van der Waals surface area contributed by atoms with Crippen molar-refractivity contribution in [1.82, 2.24) is 0 Å². The summed E-state index contributed by atoms with van der Waals surface area (Å²) < 4.78 is 5.78. The molecule has 0 bridgehead atoms. The summed E-state index contributed by atoms with van der Waals surface area (Å²) >= 11 is 2.32. The van der Waals surface area contributed by atoms with Crippen molar-refractivity contribution >= 4 is 63.1 Å². The van der Waals surface area contributed by atoms with Gasteiger partial charge in [0.1, 0.15) is 0 Å². The maximum absolute atomic E-state index is 13.7. The summed E-state index contributed by atoms with van der Waals surface area (Å²) in [7, 11) is 9.48. The largest absolute Gasteiger partial charge is 0.459 e. The summed E-state index contributed by atoms with van der Waals surface area (Å²) in [4.78, 5) is 46.8. The van der Waals surface area contributed by atoms with Crippen LogP contribution in [-0.4, -0.2) is 53.1 Å². The third-order valence-corrected chi connectivity index (χ3v) is 13.9. The third-order valence-electron chi connectivity index (χ3n) is 13.2. The summed E-state index contributed by atoms with van der Waals surface area (Å²) in [5.41, 5.74) is 11.7. The Morgan fingerprint density at radius 1 is 0.507 bits per heavy atom. The van der Waals surface area contributed by atoms with Gasteiger partial charge < -0.3 is 24.3 Å². The molecule has 6 aromatic rings. The Balaban J connectivity index is 0.000000206. The molecule has 2 aliphatic carbocycles. The molecule has 69 heavy (non-hydrogen) atoms. The molecule has 0 radical (unpaired) electrons. The zero-order chi connectivity index (χ0) is 48.7. The van der Waals surface area contributed by atoms with E-state index in [-0.39, 0.29) is 23.7 Å². The zero-order valence-electron chi connectivity index (χ0n) is 40.8. The standard InChI is InChI=1S/C32H34N2O3.C28H31IN2O/c1-33(2)29-19-17-27(18-20-29)26-15-12-25(13-16-26)23-34(32(36)28-9-5-4-6-10-28)30-11-7-8-24(22-30)14-21-31(35)37-3;1-30(2)26-17-15-23(16-18-26)22-13-11-21(12-14-22)20-31(27-10-6-9-25(29)19-27)28(32)24-7-4-3-5-8-24/h7-8,11-13,15-20,22,28H,4-6,9-10,23H2,1-3H3;6,9-19,24H,3-5,7-8,20H2,1-2H3. The van der Waals surface area contributed by atoms with Gasteiger partial charge in [-0.05, 0) is 142 Å². The van der Waals surface area contributed by atoms with Crippen molar-refractivity contribution < 1.29 is 19.1 Å². The number of ether oxygens (including phenoxy) is 1. The molecule has 356 valence electrons. The first-order valence-electron chi connectivity index (χ1n) is 24.3. The van der Waals surface area contributed by atoms with Crippen LogP contribution in [0, 0.1) is 27.2 Å². The predicted molar refractivity (Wildman–Crippen MR) is 292 cm³/mol. The molecule has 2 fully saturated rings.